The third kappa shape index (κ3) is 3.16. The summed E-state index contributed by atoms with van der Waals surface area (Å²) in [5.74, 6) is 0.0336. The summed E-state index contributed by atoms with van der Waals surface area (Å²) < 4.78 is 8.58. The van der Waals surface area contributed by atoms with Gasteiger partial charge in [-0.2, -0.15) is 10.2 Å². The first-order valence-electron chi connectivity index (χ1n) is 6.74. The van der Waals surface area contributed by atoms with Crippen molar-refractivity contribution in [3.63, 3.8) is 0 Å². The molecule has 0 aliphatic carbocycles. The molecule has 0 aromatic carbocycles. The predicted molar refractivity (Wildman–Crippen MR) is 75.4 cm³/mol. The third-order valence-electron chi connectivity index (χ3n) is 3.21. The molecule has 0 spiro atoms. The number of carbonyl (C=O) groups is 1. The average Bonchev–Trinajstić information content (AvgIpc) is 2.96. The summed E-state index contributed by atoms with van der Waals surface area (Å²) in [6.07, 6.45) is 3.03. The SMILES string of the molecule is COCCCNC(=O)CCn1ncc2c1c(C)nn2C. The molecule has 0 radical (unpaired) electrons. The van der Waals surface area contributed by atoms with Gasteiger partial charge >= 0.3 is 0 Å². The summed E-state index contributed by atoms with van der Waals surface area (Å²) in [7, 11) is 3.55. The lowest BCUT2D eigenvalue weighted by molar-refractivity contribution is -0.121. The molecule has 1 amide bonds. The highest BCUT2D eigenvalue weighted by Gasteiger charge is 2.12. The molecule has 7 heteroatoms. The summed E-state index contributed by atoms with van der Waals surface area (Å²) in [5, 5.41) is 11.5. The van der Waals surface area contributed by atoms with Crippen LogP contribution in [-0.2, 0) is 23.1 Å². The van der Waals surface area contributed by atoms with Crippen LogP contribution in [0.5, 0.6) is 0 Å². The minimum atomic E-state index is 0.0336. The molecule has 0 saturated carbocycles. The number of methoxy groups -OCH3 is 1. The summed E-state index contributed by atoms with van der Waals surface area (Å²) in [6, 6.07) is 0. The Kier molecular flexibility index (Phi) is 4.73. The number of nitrogens with zero attached hydrogens (tertiary/aromatic N) is 4. The van der Waals surface area contributed by atoms with Crippen LogP contribution in [0.25, 0.3) is 11.0 Å². The van der Waals surface area contributed by atoms with Crippen molar-refractivity contribution in [2.75, 3.05) is 20.3 Å². The largest absolute Gasteiger partial charge is 0.385 e. The second-order valence-corrected chi connectivity index (χ2v) is 4.76. The molecule has 110 valence electrons. The highest BCUT2D eigenvalue weighted by atomic mass is 16.5. The van der Waals surface area contributed by atoms with E-state index in [0.717, 1.165) is 23.1 Å². The Balaban J connectivity index is 1.88. The first-order chi connectivity index (χ1) is 9.63. The molecular weight excluding hydrogens is 258 g/mol. The summed E-state index contributed by atoms with van der Waals surface area (Å²) >= 11 is 0. The van der Waals surface area contributed by atoms with Crippen LogP contribution in [0.2, 0.25) is 0 Å². The molecule has 7 nitrogen and oxygen atoms in total. The van der Waals surface area contributed by atoms with Gasteiger partial charge in [-0.1, -0.05) is 0 Å². The Morgan fingerprint density at radius 2 is 2.30 bits per heavy atom. The lowest BCUT2D eigenvalue weighted by Crippen LogP contribution is -2.26. The number of hydrogen-bond donors (Lipinski definition) is 1. The zero-order valence-electron chi connectivity index (χ0n) is 12.2. The molecule has 2 rings (SSSR count). The van der Waals surface area contributed by atoms with Gasteiger partial charge in [0.2, 0.25) is 5.91 Å². The van der Waals surface area contributed by atoms with Crippen LogP contribution < -0.4 is 5.32 Å². The minimum Gasteiger partial charge on any atom is -0.385 e. The van der Waals surface area contributed by atoms with Crippen molar-refractivity contribution in [2.45, 2.75) is 26.3 Å². The lowest BCUT2D eigenvalue weighted by Gasteiger charge is -2.05. The van der Waals surface area contributed by atoms with E-state index in [0.29, 0.717) is 26.1 Å². The summed E-state index contributed by atoms with van der Waals surface area (Å²) in [4.78, 5) is 11.7. The molecule has 2 aromatic rings. The van der Waals surface area contributed by atoms with E-state index >= 15 is 0 Å². The Morgan fingerprint density at radius 3 is 3.05 bits per heavy atom. The van der Waals surface area contributed by atoms with E-state index in [4.69, 9.17) is 4.74 Å². The van der Waals surface area contributed by atoms with Crippen LogP contribution in [0.1, 0.15) is 18.5 Å². The molecule has 0 fully saturated rings. The Hall–Kier alpha value is -1.89. The maximum atomic E-state index is 11.7. The molecule has 20 heavy (non-hydrogen) atoms. The normalized spacial score (nSPS) is 11.2. The van der Waals surface area contributed by atoms with Gasteiger partial charge in [0.05, 0.1) is 18.4 Å². The number of fused-ring (bicyclic) bond motifs is 1. The number of nitrogens with one attached hydrogen (secondary N) is 1. The van der Waals surface area contributed by atoms with Gasteiger partial charge < -0.3 is 10.1 Å². The van der Waals surface area contributed by atoms with Crippen LogP contribution in [0.15, 0.2) is 6.20 Å². The van der Waals surface area contributed by atoms with Gasteiger partial charge in [0.25, 0.3) is 0 Å². The van der Waals surface area contributed by atoms with Gasteiger partial charge in [0, 0.05) is 33.7 Å². The monoisotopic (exact) mass is 279 g/mol. The van der Waals surface area contributed by atoms with E-state index in [2.05, 4.69) is 15.5 Å². The van der Waals surface area contributed by atoms with Gasteiger partial charge in [-0.05, 0) is 13.3 Å². The molecule has 0 atom stereocenters. The van der Waals surface area contributed by atoms with E-state index in [9.17, 15) is 4.79 Å². The van der Waals surface area contributed by atoms with Crippen molar-refractivity contribution in [3.05, 3.63) is 11.9 Å². The predicted octanol–water partition coefficient (Wildman–Crippen LogP) is 0.621. The summed E-state index contributed by atoms with van der Waals surface area (Å²) in [6.45, 7) is 3.82. The molecule has 0 aliphatic rings. The number of amides is 1. The highest BCUT2D eigenvalue weighted by molar-refractivity contribution is 5.78. The topological polar surface area (TPSA) is 74.0 Å². The van der Waals surface area contributed by atoms with Crippen LogP contribution in [0.4, 0.5) is 0 Å². The molecule has 0 bridgehead atoms. The fourth-order valence-corrected chi connectivity index (χ4v) is 2.22. The number of rotatable bonds is 7. The van der Waals surface area contributed by atoms with Crippen molar-refractivity contribution < 1.29 is 9.53 Å². The second-order valence-electron chi connectivity index (χ2n) is 4.76. The standard InChI is InChI=1S/C13H21N5O2/c1-10-13-11(17(2)16-10)9-15-18(13)7-5-12(19)14-6-4-8-20-3/h9H,4-8H2,1-3H3,(H,14,19). The van der Waals surface area contributed by atoms with E-state index in [1.165, 1.54) is 0 Å². The van der Waals surface area contributed by atoms with E-state index < -0.39 is 0 Å². The number of aryl methyl sites for hydroxylation is 3. The highest BCUT2D eigenvalue weighted by Crippen LogP contribution is 2.16. The average molecular weight is 279 g/mol. The minimum absolute atomic E-state index is 0.0336. The molecule has 2 heterocycles. The Morgan fingerprint density at radius 1 is 1.50 bits per heavy atom. The smallest absolute Gasteiger partial charge is 0.221 e. The number of aromatic nitrogens is 4. The summed E-state index contributed by atoms with van der Waals surface area (Å²) in [5.41, 5.74) is 2.92. The van der Waals surface area contributed by atoms with Crippen LogP contribution in [-0.4, -0.2) is 45.7 Å². The van der Waals surface area contributed by atoms with E-state index in [1.54, 1.807) is 18.0 Å². The molecule has 2 aromatic heterocycles. The quantitative estimate of drug-likeness (QED) is 0.754. The maximum Gasteiger partial charge on any atom is 0.221 e. The van der Waals surface area contributed by atoms with Crippen LogP contribution in [0, 0.1) is 6.92 Å². The lowest BCUT2D eigenvalue weighted by atomic mass is 10.3. The Labute approximate surface area is 117 Å². The fourth-order valence-electron chi connectivity index (χ4n) is 2.22. The molecule has 0 aliphatic heterocycles. The molecule has 0 unspecified atom stereocenters. The van der Waals surface area contributed by atoms with E-state index in [-0.39, 0.29) is 5.91 Å². The van der Waals surface area contributed by atoms with Crippen molar-refractivity contribution >= 4 is 16.9 Å². The van der Waals surface area contributed by atoms with Crippen molar-refractivity contribution in [1.29, 1.82) is 0 Å². The first-order valence-corrected chi connectivity index (χ1v) is 6.74. The zero-order valence-corrected chi connectivity index (χ0v) is 12.2. The molecule has 1 N–H and O–H groups in total. The number of ether oxygens (including phenoxy) is 1. The first kappa shape index (κ1) is 14.5. The van der Waals surface area contributed by atoms with E-state index in [1.807, 2.05) is 18.7 Å². The van der Waals surface area contributed by atoms with Crippen LogP contribution >= 0.6 is 0 Å². The Bertz CT molecular complexity index is 587. The number of carbonyl (C=O) groups excluding carboxylic acids is 1. The zero-order chi connectivity index (χ0) is 14.5. The van der Waals surface area contributed by atoms with Gasteiger partial charge in [0.15, 0.2) is 0 Å². The maximum absolute atomic E-state index is 11.7. The van der Waals surface area contributed by atoms with Gasteiger partial charge in [-0.15, -0.1) is 0 Å². The van der Waals surface area contributed by atoms with Crippen molar-refractivity contribution in [1.82, 2.24) is 24.9 Å². The molecular formula is C13H21N5O2. The van der Waals surface area contributed by atoms with Gasteiger partial charge in [0.1, 0.15) is 11.0 Å². The van der Waals surface area contributed by atoms with Gasteiger partial charge in [-0.25, -0.2) is 0 Å². The second kappa shape index (κ2) is 6.51. The fraction of sp³-hybridized carbons (Fsp3) is 0.615. The van der Waals surface area contributed by atoms with Crippen molar-refractivity contribution in [2.24, 2.45) is 7.05 Å². The molecule has 0 saturated heterocycles. The number of hydrogen-bond acceptors (Lipinski definition) is 4. The van der Waals surface area contributed by atoms with Crippen LogP contribution in [0.3, 0.4) is 0 Å². The third-order valence-corrected chi connectivity index (χ3v) is 3.21. The van der Waals surface area contributed by atoms with Gasteiger partial charge in [-0.3, -0.25) is 14.2 Å². The van der Waals surface area contributed by atoms with Crippen molar-refractivity contribution in [3.8, 4) is 0 Å².